The van der Waals surface area contributed by atoms with E-state index in [4.69, 9.17) is 11.6 Å². The van der Waals surface area contributed by atoms with Gasteiger partial charge in [0.15, 0.2) is 0 Å². The molecule has 4 heteroatoms. The molecule has 116 valence electrons. The van der Waals surface area contributed by atoms with Crippen LogP contribution in [0.5, 0.6) is 0 Å². The molecule has 1 aromatic heterocycles. The molecule has 2 aromatic carbocycles. The van der Waals surface area contributed by atoms with Crippen molar-refractivity contribution in [3.63, 3.8) is 0 Å². The van der Waals surface area contributed by atoms with E-state index in [0.717, 1.165) is 36.0 Å². The fourth-order valence-corrected chi connectivity index (χ4v) is 3.34. The number of aromatic nitrogens is 1. The molecule has 2 nitrogen and oxygen atoms in total. The van der Waals surface area contributed by atoms with Gasteiger partial charge in [-0.2, -0.15) is 0 Å². The Hall–Kier alpha value is -2.10. The van der Waals surface area contributed by atoms with Gasteiger partial charge in [-0.1, -0.05) is 29.8 Å². The molecule has 4 rings (SSSR count). The zero-order valence-corrected chi connectivity index (χ0v) is 13.3. The smallest absolute Gasteiger partial charge is 0.147 e. The van der Waals surface area contributed by atoms with Crippen LogP contribution in [0.3, 0.4) is 0 Å². The van der Waals surface area contributed by atoms with Crippen LogP contribution in [0.25, 0.3) is 22.2 Å². The summed E-state index contributed by atoms with van der Waals surface area (Å²) in [6.07, 6.45) is 5.18. The Labute approximate surface area is 139 Å². The molecule has 1 aliphatic heterocycles. The number of hydrogen-bond donors (Lipinski definition) is 1. The topological polar surface area (TPSA) is 17.0 Å². The molecule has 0 saturated heterocycles. The van der Waals surface area contributed by atoms with Gasteiger partial charge in [0, 0.05) is 28.7 Å². The molecule has 0 amide bonds. The van der Waals surface area contributed by atoms with E-state index in [9.17, 15) is 4.39 Å². The fraction of sp³-hybridized carbons (Fsp3) is 0.158. The van der Waals surface area contributed by atoms with E-state index in [1.807, 2.05) is 35.0 Å². The maximum Gasteiger partial charge on any atom is 0.147 e. The van der Waals surface area contributed by atoms with Crippen molar-refractivity contribution in [2.45, 2.75) is 6.42 Å². The van der Waals surface area contributed by atoms with Crippen LogP contribution < -0.4 is 5.32 Å². The number of para-hydroxylation sites is 1. The second kappa shape index (κ2) is 5.84. The van der Waals surface area contributed by atoms with Crippen LogP contribution in [0.15, 0.2) is 54.7 Å². The Morgan fingerprint density at radius 1 is 1.13 bits per heavy atom. The van der Waals surface area contributed by atoms with Crippen LogP contribution in [0.1, 0.15) is 12.0 Å². The molecule has 0 aliphatic carbocycles. The first-order valence-electron chi connectivity index (χ1n) is 7.70. The molecule has 0 spiro atoms. The molecule has 0 unspecified atom stereocenters. The first-order valence-corrected chi connectivity index (χ1v) is 8.07. The third-order valence-electron chi connectivity index (χ3n) is 4.29. The van der Waals surface area contributed by atoms with E-state index in [1.54, 1.807) is 12.1 Å². The predicted molar refractivity (Wildman–Crippen MR) is 93.7 cm³/mol. The SMILES string of the molecule is Fc1ccccc1-n1cc(C2=CCNCC2)c2cc(Cl)ccc21. The number of fused-ring (bicyclic) bond motifs is 1. The van der Waals surface area contributed by atoms with Crippen molar-refractivity contribution >= 4 is 28.1 Å². The van der Waals surface area contributed by atoms with Crippen LogP contribution in [0.4, 0.5) is 4.39 Å². The molecule has 0 atom stereocenters. The number of hydrogen-bond acceptors (Lipinski definition) is 1. The minimum atomic E-state index is -0.231. The van der Waals surface area contributed by atoms with Crippen molar-refractivity contribution < 1.29 is 4.39 Å². The van der Waals surface area contributed by atoms with Crippen LogP contribution in [0, 0.1) is 5.82 Å². The second-order valence-electron chi connectivity index (χ2n) is 5.71. The quantitative estimate of drug-likeness (QED) is 0.715. The highest BCUT2D eigenvalue weighted by molar-refractivity contribution is 6.31. The molecule has 0 radical (unpaired) electrons. The maximum atomic E-state index is 14.3. The van der Waals surface area contributed by atoms with Gasteiger partial charge in [0.2, 0.25) is 0 Å². The second-order valence-corrected chi connectivity index (χ2v) is 6.15. The summed E-state index contributed by atoms with van der Waals surface area (Å²) in [4.78, 5) is 0. The summed E-state index contributed by atoms with van der Waals surface area (Å²) in [5.41, 5.74) is 3.94. The molecule has 2 heterocycles. The maximum absolute atomic E-state index is 14.3. The average Bonchev–Trinajstić information content (AvgIpc) is 2.94. The lowest BCUT2D eigenvalue weighted by molar-refractivity contribution is 0.619. The molecule has 0 saturated carbocycles. The lowest BCUT2D eigenvalue weighted by Crippen LogP contribution is -2.19. The summed E-state index contributed by atoms with van der Waals surface area (Å²) in [6, 6.07) is 12.6. The van der Waals surface area contributed by atoms with Crippen molar-refractivity contribution in [2.24, 2.45) is 0 Å². The van der Waals surface area contributed by atoms with Gasteiger partial charge >= 0.3 is 0 Å². The van der Waals surface area contributed by atoms with E-state index < -0.39 is 0 Å². The van der Waals surface area contributed by atoms with E-state index in [-0.39, 0.29) is 5.82 Å². The first-order chi connectivity index (χ1) is 11.2. The number of benzene rings is 2. The lowest BCUT2D eigenvalue weighted by Gasteiger charge is -2.13. The Kier molecular flexibility index (Phi) is 3.68. The summed E-state index contributed by atoms with van der Waals surface area (Å²) in [7, 11) is 0. The summed E-state index contributed by atoms with van der Waals surface area (Å²) < 4.78 is 16.2. The summed E-state index contributed by atoms with van der Waals surface area (Å²) in [6.45, 7) is 1.82. The van der Waals surface area contributed by atoms with Gasteiger partial charge in [-0.3, -0.25) is 0 Å². The normalized spacial score (nSPS) is 15.0. The summed E-state index contributed by atoms with van der Waals surface area (Å²) in [5, 5.41) is 5.08. The minimum Gasteiger partial charge on any atom is -0.313 e. The van der Waals surface area contributed by atoms with Gasteiger partial charge in [-0.05, 0) is 48.9 Å². The Morgan fingerprint density at radius 3 is 2.78 bits per heavy atom. The summed E-state index contributed by atoms with van der Waals surface area (Å²) in [5.74, 6) is -0.231. The molecular formula is C19H16ClFN2. The van der Waals surface area contributed by atoms with E-state index in [0.29, 0.717) is 10.7 Å². The number of nitrogens with one attached hydrogen (secondary N) is 1. The van der Waals surface area contributed by atoms with E-state index in [1.165, 1.54) is 11.6 Å². The van der Waals surface area contributed by atoms with Gasteiger partial charge in [0.25, 0.3) is 0 Å². The number of rotatable bonds is 2. The van der Waals surface area contributed by atoms with E-state index in [2.05, 4.69) is 11.4 Å². The van der Waals surface area contributed by atoms with Crippen LogP contribution in [0.2, 0.25) is 5.02 Å². The highest BCUT2D eigenvalue weighted by Gasteiger charge is 2.16. The molecular weight excluding hydrogens is 311 g/mol. The Morgan fingerprint density at radius 2 is 2.00 bits per heavy atom. The van der Waals surface area contributed by atoms with Crippen molar-refractivity contribution in [3.8, 4) is 5.69 Å². The molecule has 3 aromatic rings. The largest absolute Gasteiger partial charge is 0.313 e. The molecule has 0 bridgehead atoms. The zero-order chi connectivity index (χ0) is 15.8. The fourth-order valence-electron chi connectivity index (χ4n) is 3.17. The Balaban J connectivity index is 1.99. The highest BCUT2D eigenvalue weighted by Crippen LogP contribution is 2.34. The van der Waals surface area contributed by atoms with Crippen LogP contribution in [-0.2, 0) is 0 Å². The van der Waals surface area contributed by atoms with Gasteiger partial charge in [-0.25, -0.2) is 4.39 Å². The van der Waals surface area contributed by atoms with Crippen molar-refractivity contribution in [1.82, 2.24) is 9.88 Å². The van der Waals surface area contributed by atoms with Gasteiger partial charge < -0.3 is 9.88 Å². The standard InChI is InChI=1S/C19H16ClFN2/c20-14-5-6-18-15(11-14)16(13-7-9-22-10-8-13)12-23(18)19-4-2-1-3-17(19)21/h1-7,11-12,22H,8-10H2. The lowest BCUT2D eigenvalue weighted by atomic mass is 10.00. The third kappa shape index (κ3) is 2.56. The van der Waals surface area contributed by atoms with Gasteiger partial charge in [0.1, 0.15) is 5.82 Å². The first kappa shape index (κ1) is 14.5. The van der Waals surface area contributed by atoms with Crippen LogP contribution >= 0.6 is 11.6 Å². The average molecular weight is 327 g/mol. The monoisotopic (exact) mass is 326 g/mol. The van der Waals surface area contributed by atoms with E-state index >= 15 is 0 Å². The van der Waals surface area contributed by atoms with Crippen molar-refractivity contribution in [1.29, 1.82) is 0 Å². The molecule has 23 heavy (non-hydrogen) atoms. The summed E-state index contributed by atoms with van der Waals surface area (Å²) >= 11 is 6.20. The molecule has 0 fully saturated rings. The number of halogens is 2. The van der Waals surface area contributed by atoms with Gasteiger partial charge in [-0.15, -0.1) is 0 Å². The highest BCUT2D eigenvalue weighted by atomic mass is 35.5. The van der Waals surface area contributed by atoms with Crippen molar-refractivity contribution in [2.75, 3.05) is 13.1 Å². The molecule has 1 aliphatic rings. The predicted octanol–water partition coefficient (Wildman–Crippen LogP) is 4.80. The third-order valence-corrected chi connectivity index (χ3v) is 4.52. The minimum absolute atomic E-state index is 0.231. The molecule has 1 N–H and O–H groups in total. The van der Waals surface area contributed by atoms with Crippen LogP contribution in [-0.4, -0.2) is 17.7 Å². The number of nitrogens with zero attached hydrogens (tertiary/aromatic N) is 1. The van der Waals surface area contributed by atoms with Crippen molar-refractivity contribution in [3.05, 3.63) is 71.1 Å². The Bertz CT molecular complexity index is 911. The zero-order valence-electron chi connectivity index (χ0n) is 12.5. The van der Waals surface area contributed by atoms with Gasteiger partial charge in [0.05, 0.1) is 11.2 Å².